The van der Waals surface area contributed by atoms with E-state index in [9.17, 15) is 0 Å². The second-order valence-corrected chi connectivity index (χ2v) is 6.54. The molecule has 0 amide bonds. The van der Waals surface area contributed by atoms with Crippen LogP contribution in [0, 0.1) is 0 Å². The third-order valence-electron chi connectivity index (χ3n) is 3.50. The Bertz CT molecular complexity index is 346. The molecule has 0 spiro atoms. The van der Waals surface area contributed by atoms with Crippen LogP contribution in [-0.2, 0) is 5.54 Å². The summed E-state index contributed by atoms with van der Waals surface area (Å²) in [5.74, 6) is 0. The summed E-state index contributed by atoms with van der Waals surface area (Å²) < 4.78 is 0. The van der Waals surface area contributed by atoms with Crippen LogP contribution in [0.25, 0.3) is 0 Å². The fourth-order valence-corrected chi connectivity index (χ4v) is 3.33. The Kier molecular flexibility index (Phi) is 3.85. The van der Waals surface area contributed by atoms with Crippen molar-refractivity contribution in [2.45, 2.75) is 51.7 Å². The average molecular weight is 253 g/mol. The van der Waals surface area contributed by atoms with Crippen LogP contribution in [0.2, 0.25) is 0 Å². The highest BCUT2D eigenvalue weighted by molar-refractivity contribution is 7.09. The Morgan fingerprint density at radius 2 is 2.29 bits per heavy atom. The molecule has 2 rings (SSSR count). The molecule has 1 aromatic rings. The van der Waals surface area contributed by atoms with Crippen LogP contribution in [0.3, 0.4) is 0 Å². The molecule has 1 fully saturated rings. The predicted molar refractivity (Wildman–Crippen MR) is 73.4 cm³/mol. The molecule has 1 aromatic heterocycles. The second-order valence-electron chi connectivity index (χ2n) is 5.65. The molecule has 0 aliphatic carbocycles. The average Bonchev–Trinajstić information content (AvgIpc) is 2.85. The fraction of sp³-hybridized carbons (Fsp3) is 0.769. The normalized spacial score (nSPS) is 22.5. The van der Waals surface area contributed by atoms with Gasteiger partial charge in [-0.25, -0.2) is 4.98 Å². The number of nitrogens with zero attached hydrogens (tertiary/aromatic N) is 2. The highest BCUT2D eigenvalue weighted by Crippen LogP contribution is 2.32. The third-order valence-corrected chi connectivity index (χ3v) is 4.59. The van der Waals surface area contributed by atoms with Gasteiger partial charge in [-0.1, -0.05) is 13.8 Å². The van der Waals surface area contributed by atoms with E-state index >= 15 is 0 Å². The summed E-state index contributed by atoms with van der Waals surface area (Å²) >= 11 is 1.76. The molecule has 2 heterocycles. The number of thiazole rings is 1. The van der Waals surface area contributed by atoms with Crippen LogP contribution in [0.15, 0.2) is 11.6 Å². The van der Waals surface area contributed by atoms with Gasteiger partial charge in [0.1, 0.15) is 5.01 Å². The lowest BCUT2D eigenvalue weighted by Gasteiger charge is -2.34. The van der Waals surface area contributed by atoms with Crippen LogP contribution in [0.5, 0.6) is 0 Å². The van der Waals surface area contributed by atoms with Crippen molar-refractivity contribution in [3.63, 3.8) is 0 Å². The van der Waals surface area contributed by atoms with E-state index in [1.54, 1.807) is 11.3 Å². The number of rotatable bonds is 4. The van der Waals surface area contributed by atoms with E-state index in [0.717, 1.165) is 13.1 Å². The zero-order chi connectivity index (χ0) is 12.5. The standard InChI is InChI=1S/C13H23N3S/c1-10(2)15-11-5-7-16(9-11)13(3,4)12-14-6-8-17-12/h6,8,10-11,15H,5,7,9H2,1-4H3. The largest absolute Gasteiger partial charge is 0.310 e. The number of likely N-dealkylation sites (tertiary alicyclic amines) is 1. The minimum absolute atomic E-state index is 0.0710. The topological polar surface area (TPSA) is 28.2 Å². The zero-order valence-electron chi connectivity index (χ0n) is 11.2. The van der Waals surface area contributed by atoms with Crippen molar-refractivity contribution >= 4 is 11.3 Å². The summed E-state index contributed by atoms with van der Waals surface area (Å²) in [5, 5.41) is 6.92. The first-order valence-electron chi connectivity index (χ1n) is 6.41. The van der Waals surface area contributed by atoms with Gasteiger partial charge in [-0.15, -0.1) is 11.3 Å². The molecule has 0 bridgehead atoms. The van der Waals surface area contributed by atoms with Crippen molar-refractivity contribution < 1.29 is 0 Å². The third kappa shape index (κ3) is 2.87. The second kappa shape index (κ2) is 5.04. The molecule has 17 heavy (non-hydrogen) atoms. The van der Waals surface area contributed by atoms with Gasteiger partial charge in [0.15, 0.2) is 0 Å². The van der Waals surface area contributed by atoms with Crippen LogP contribution in [0.4, 0.5) is 0 Å². The van der Waals surface area contributed by atoms with E-state index in [2.05, 4.69) is 48.3 Å². The Morgan fingerprint density at radius 1 is 1.53 bits per heavy atom. The predicted octanol–water partition coefficient (Wildman–Crippen LogP) is 2.45. The van der Waals surface area contributed by atoms with Gasteiger partial charge in [0.25, 0.3) is 0 Å². The van der Waals surface area contributed by atoms with E-state index in [4.69, 9.17) is 0 Å². The minimum atomic E-state index is 0.0710. The van der Waals surface area contributed by atoms with Crippen molar-refractivity contribution in [3.8, 4) is 0 Å². The van der Waals surface area contributed by atoms with E-state index in [1.807, 2.05) is 6.20 Å². The summed E-state index contributed by atoms with van der Waals surface area (Å²) in [6.07, 6.45) is 3.15. The van der Waals surface area contributed by atoms with Crippen LogP contribution in [0.1, 0.15) is 39.1 Å². The molecule has 0 aromatic carbocycles. The van der Waals surface area contributed by atoms with Gasteiger partial charge in [-0.05, 0) is 20.3 Å². The van der Waals surface area contributed by atoms with Gasteiger partial charge in [0.2, 0.25) is 0 Å². The molecule has 1 aliphatic rings. The van der Waals surface area contributed by atoms with E-state index < -0.39 is 0 Å². The van der Waals surface area contributed by atoms with Gasteiger partial charge in [-0.3, -0.25) is 4.90 Å². The Hall–Kier alpha value is -0.450. The number of aromatic nitrogens is 1. The van der Waals surface area contributed by atoms with Crippen molar-refractivity contribution in [2.75, 3.05) is 13.1 Å². The van der Waals surface area contributed by atoms with Crippen molar-refractivity contribution in [3.05, 3.63) is 16.6 Å². The molecule has 0 radical (unpaired) electrons. The van der Waals surface area contributed by atoms with Gasteiger partial charge in [0.05, 0.1) is 5.54 Å². The van der Waals surface area contributed by atoms with Crippen molar-refractivity contribution in [2.24, 2.45) is 0 Å². The number of nitrogens with one attached hydrogen (secondary N) is 1. The monoisotopic (exact) mass is 253 g/mol. The molecule has 1 saturated heterocycles. The summed E-state index contributed by atoms with van der Waals surface area (Å²) in [6.45, 7) is 11.3. The van der Waals surface area contributed by atoms with E-state index in [1.165, 1.54) is 11.4 Å². The zero-order valence-corrected chi connectivity index (χ0v) is 12.0. The van der Waals surface area contributed by atoms with Gasteiger partial charge in [0, 0.05) is 36.8 Å². The Balaban J connectivity index is 2.00. The fourth-order valence-electron chi connectivity index (χ4n) is 2.54. The number of hydrogen-bond donors (Lipinski definition) is 1. The quantitative estimate of drug-likeness (QED) is 0.893. The minimum Gasteiger partial charge on any atom is -0.310 e. The lowest BCUT2D eigenvalue weighted by atomic mass is 10.1. The maximum atomic E-state index is 4.47. The summed E-state index contributed by atoms with van der Waals surface area (Å²) in [6, 6.07) is 1.21. The molecule has 96 valence electrons. The molecular weight excluding hydrogens is 230 g/mol. The van der Waals surface area contributed by atoms with Crippen LogP contribution < -0.4 is 5.32 Å². The van der Waals surface area contributed by atoms with Gasteiger partial charge in [-0.2, -0.15) is 0 Å². The molecule has 1 unspecified atom stereocenters. The number of hydrogen-bond acceptors (Lipinski definition) is 4. The van der Waals surface area contributed by atoms with Crippen molar-refractivity contribution in [1.82, 2.24) is 15.2 Å². The lowest BCUT2D eigenvalue weighted by Crippen LogP contribution is -2.43. The first kappa shape index (κ1) is 13.0. The van der Waals surface area contributed by atoms with Crippen LogP contribution >= 0.6 is 11.3 Å². The molecule has 4 heteroatoms. The summed E-state index contributed by atoms with van der Waals surface area (Å²) in [7, 11) is 0. The molecule has 3 nitrogen and oxygen atoms in total. The Morgan fingerprint density at radius 3 is 2.88 bits per heavy atom. The lowest BCUT2D eigenvalue weighted by molar-refractivity contribution is 0.150. The first-order chi connectivity index (χ1) is 8.00. The Labute approximate surface area is 108 Å². The van der Waals surface area contributed by atoms with Crippen LogP contribution in [-0.4, -0.2) is 35.1 Å². The molecule has 0 saturated carbocycles. The highest BCUT2D eigenvalue weighted by Gasteiger charge is 2.36. The SMILES string of the molecule is CC(C)NC1CCN(C(C)(C)c2nccs2)C1. The highest BCUT2D eigenvalue weighted by atomic mass is 32.1. The summed E-state index contributed by atoms with van der Waals surface area (Å²) in [5.41, 5.74) is 0.0710. The van der Waals surface area contributed by atoms with Gasteiger partial charge >= 0.3 is 0 Å². The van der Waals surface area contributed by atoms with Gasteiger partial charge < -0.3 is 5.32 Å². The smallest absolute Gasteiger partial charge is 0.112 e. The molecular formula is C13H23N3S. The van der Waals surface area contributed by atoms with E-state index in [-0.39, 0.29) is 5.54 Å². The van der Waals surface area contributed by atoms with Crippen molar-refractivity contribution in [1.29, 1.82) is 0 Å². The molecule has 1 aliphatic heterocycles. The first-order valence-corrected chi connectivity index (χ1v) is 7.29. The maximum absolute atomic E-state index is 4.47. The maximum Gasteiger partial charge on any atom is 0.112 e. The van der Waals surface area contributed by atoms with E-state index in [0.29, 0.717) is 12.1 Å². The molecule has 1 atom stereocenters. The summed E-state index contributed by atoms with van der Waals surface area (Å²) in [4.78, 5) is 7.02. The molecule has 1 N–H and O–H groups in total.